The zero-order valence-corrected chi connectivity index (χ0v) is 39.6. The van der Waals surface area contributed by atoms with Gasteiger partial charge in [0, 0.05) is 47.6 Å². The maximum Gasteiger partial charge on any atom is 0.149 e. The molecule has 4 heteroatoms. The first-order valence-electron chi connectivity index (χ1n) is 33.6. The number of rotatable bonds is 7. The molecule has 0 aliphatic heterocycles. The van der Waals surface area contributed by atoms with E-state index in [0.29, 0.717) is 72.7 Å². The number of phenols is 1. The summed E-state index contributed by atoms with van der Waals surface area (Å²) in [6.07, 6.45) is 1.39. The van der Waals surface area contributed by atoms with E-state index in [1.165, 1.54) is 42.6 Å². The Balaban J connectivity index is 1.29. The number of hydrogen-bond donors (Lipinski definition) is 1. The summed E-state index contributed by atoms with van der Waals surface area (Å²) < 4.78 is 188. The van der Waals surface area contributed by atoms with Crippen molar-refractivity contribution in [2.75, 3.05) is 0 Å². The summed E-state index contributed by atoms with van der Waals surface area (Å²) in [5, 5.41) is 12.3. The molecule has 348 valence electrons. The molecule has 0 spiro atoms. The van der Waals surface area contributed by atoms with Crippen molar-refractivity contribution in [2.45, 2.75) is 111 Å². The van der Waals surface area contributed by atoms with Crippen molar-refractivity contribution in [3.05, 3.63) is 192 Å². The number of phenolic OH excluding ortho intramolecular Hbond substituents is 1. The number of imidazole rings is 1. The van der Waals surface area contributed by atoms with Crippen LogP contribution in [0, 0.1) is 6.92 Å². The summed E-state index contributed by atoms with van der Waals surface area (Å²) in [4.78, 5) is 10.2. The number of nitrogens with zero attached hydrogens (tertiary/aromatic N) is 3. The van der Waals surface area contributed by atoms with Crippen molar-refractivity contribution >= 4 is 11.0 Å². The first-order valence-corrected chi connectivity index (χ1v) is 22.6. The van der Waals surface area contributed by atoms with Gasteiger partial charge in [-0.2, -0.15) is 0 Å². The van der Waals surface area contributed by atoms with Crippen LogP contribution in [0.1, 0.15) is 141 Å². The molecular weight excluding hydrogens is 839 g/mol. The number of pyridine rings is 1. The van der Waals surface area contributed by atoms with Crippen LogP contribution in [0.4, 0.5) is 0 Å². The number of benzene rings is 7. The first-order chi connectivity index (χ1) is 41.7. The Hall–Kier alpha value is -7.04. The Morgan fingerprint density at radius 2 is 1.12 bits per heavy atom. The quantitative estimate of drug-likeness (QED) is 0.173. The normalized spacial score (nSPS) is 18.2. The third-order valence-electron chi connectivity index (χ3n) is 12.5. The first kappa shape index (κ1) is 27.2. The minimum absolute atomic E-state index is 0.0168. The summed E-state index contributed by atoms with van der Waals surface area (Å²) in [6, 6.07) is 34.9. The summed E-state index contributed by atoms with van der Waals surface area (Å²) in [5.41, 5.74) is -0.748. The molecule has 0 atom stereocenters. The lowest BCUT2D eigenvalue weighted by Gasteiger charge is -2.22. The highest BCUT2D eigenvalue weighted by Crippen LogP contribution is 2.44. The highest BCUT2D eigenvalue weighted by Gasteiger charge is 2.27. The molecule has 2 heterocycles. The SMILES string of the molecule is [2H]c1c([2H])c(C(C([2H])([2H])[2H])(C([2H])([2H])[2H])C([2H])([2H])[2H])c([2H])c([2H])c1-c1ccnc(-c2cc(-c3cccc4c3nc(-c3cc(C(C)(C)C)cc(C)c3O)n4-c3ccc(-c4ccc(C(C([2H])([2H])[2H])(C([2H])([2H])[2H])C([2H])([2H])[2H])cc4)cc3-c3ccccc3)cc(C(C)(C)C)c2)c1. The molecule has 0 aliphatic carbocycles. The molecule has 7 aromatic carbocycles. The molecule has 0 aliphatic rings. The standard InChI is InChI=1S/C65H67N3O/c1-41-34-51(64(8,9)10)40-55(60(41)69)61-67-59-53(47-35-48(37-52(36-47)65(11,12)13)56-39-46(32-33-66-56)43-24-29-50(30-25-43)63(5,6)7)20-17-21-58(59)68(61)57-31-26-45(38-54(57)44-18-15-14-16-19-44)42-22-27-49(28-23-42)62(2,3)4/h14-40,69H,1-13H3/i2D3,3D3,4D3,5D3,6D3,7D3,24D,25D,29D,30D. The fourth-order valence-electron chi connectivity index (χ4n) is 8.56. The van der Waals surface area contributed by atoms with Gasteiger partial charge >= 0.3 is 0 Å². The van der Waals surface area contributed by atoms with Gasteiger partial charge < -0.3 is 5.11 Å². The fraction of sp³-hybridized carbons (Fsp3) is 0.262. The Labute approximate surface area is 441 Å². The van der Waals surface area contributed by atoms with Crippen molar-refractivity contribution in [2.24, 2.45) is 0 Å². The molecule has 0 saturated carbocycles. The number of hydrogen-bond acceptors (Lipinski definition) is 3. The van der Waals surface area contributed by atoms with Gasteiger partial charge in [-0.25, -0.2) is 4.98 Å². The second-order valence-electron chi connectivity index (χ2n) is 19.8. The van der Waals surface area contributed by atoms with Gasteiger partial charge in [0.2, 0.25) is 0 Å². The minimum Gasteiger partial charge on any atom is -0.507 e. The smallest absolute Gasteiger partial charge is 0.149 e. The Morgan fingerprint density at radius 3 is 1.80 bits per heavy atom. The topological polar surface area (TPSA) is 50.9 Å². The van der Waals surface area contributed by atoms with Crippen molar-refractivity contribution in [3.8, 4) is 78.6 Å². The summed E-state index contributed by atoms with van der Waals surface area (Å²) in [7, 11) is 0. The van der Waals surface area contributed by atoms with Gasteiger partial charge in [-0.1, -0.05) is 192 Å². The minimum atomic E-state index is -3.85. The van der Waals surface area contributed by atoms with Crippen molar-refractivity contribution in [3.63, 3.8) is 0 Å². The van der Waals surface area contributed by atoms with E-state index in [2.05, 4.69) is 20.8 Å². The lowest BCUT2D eigenvalue weighted by atomic mass is 9.83. The zero-order valence-electron chi connectivity index (χ0n) is 61.6. The average molecular weight is 928 g/mol. The van der Waals surface area contributed by atoms with Gasteiger partial charge in [0.15, 0.2) is 0 Å². The van der Waals surface area contributed by atoms with Gasteiger partial charge in [-0.15, -0.1) is 0 Å². The summed E-state index contributed by atoms with van der Waals surface area (Å²) >= 11 is 0. The predicted octanol–water partition coefficient (Wildman–Crippen LogP) is 17.6. The van der Waals surface area contributed by atoms with E-state index in [1.54, 1.807) is 0 Å². The number of aromatic hydroxyl groups is 1. The third kappa shape index (κ3) is 9.42. The molecule has 0 amide bonds. The van der Waals surface area contributed by atoms with Crippen LogP contribution in [0.25, 0.3) is 83.9 Å². The summed E-state index contributed by atoms with van der Waals surface area (Å²) in [5.74, 6) is 0.344. The molecule has 0 radical (unpaired) electrons. The second kappa shape index (κ2) is 17.5. The monoisotopic (exact) mass is 928 g/mol. The van der Waals surface area contributed by atoms with E-state index in [1.807, 2.05) is 129 Å². The van der Waals surface area contributed by atoms with Gasteiger partial charge in [-0.3, -0.25) is 9.55 Å². The van der Waals surface area contributed by atoms with Gasteiger partial charge in [0.1, 0.15) is 11.6 Å². The molecule has 1 N–H and O–H groups in total. The fourth-order valence-corrected chi connectivity index (χ4v) is 8.56. The molecule has 9 rings (SSSR count). The number of aromatic nitrogens is 3. The van der Waals surface area contributed by atoms with E-state index in [-0.39, 0.29) is 16.9 Å². The molecule has 2 aromatic heterocycles. The summed E-state index contributed by atoms with van der Waals surface area (Å²) in [6.45, 7) is -7.88. The van der Waals surface area contributed by atoms with Crippen LogP contribution in [0.3, 0.4) is 0 Å². The molecule has 9 aromatic rings. The Kier molecular flexibility index (Phi) is 6.90. The van der Waals surface area contributed by atoms with E-state index in [9.17, 15) is 7.85 Å². The molecule has 0 bridgehead atoms. The van der Waals surface area contributed by atoms with Crippen molar-refractivity contribution < 1.29 is 35.3 Å². The van der Waals surface area contributed by atoms with Gasteiger partial charge in [0.05, 0.1) is 33.5 Å². The van der Waals surface area contributed by atoms with Crippen LogP contribution in [0.5, 0.6) is 5.75 Å². The highest BCUT2D eigenvalue weighted by molar-refractivity contribution is 5.98. The van der Waals surface area contributed by atoms with Crippen LogP contribution in [0.2, 0.25) is 0 Å². The molecule has 0 fully saturated rings. The largest absolute Gasteiger partial charge is 0.507 e. The van der Waals surface area contributed by atoms with Gasteiger partial charge in [-0.05, 0) is 138 Å². The van der Waals surface area contributed by atoms with Gasteiger partial charge in [0.25, 0.3) is 0 Å². The van der Waals surface area contributed by atoms with E-state index < -0.39 is 98.1 Å². The van der Waals surface area contributed by atoms with Crippen LogP contribution in [-0.2, 0) is 21.7 Å². The maximum atomic E-state index is 12.3. The average Bonchev–Trinajstić information content (AvgIpc) is 1.24. The molecule has 4 nitrogen and oxygen atoms in total. The van der Waals surface area contributed by atoms with Crippen molar-refractivity contribution in [1.82, 2.24) is 14.5 Å². The van der Waals surface area contributed by atoms with Crippen LogP contribution in [0.15, 0.2) is 164 Å². The third-order valence-corrected chi connectivity index (χ3v) is 12.5. The highest BCUT2D eigenvalue weighted by atomic mass is 16.3. The lowest BCUT2D eigenvalue weighted by molar-refractivity contribution is 0.471. The molecular formula is C65H67N3O. The Bertz CT molecular complexity index is 4190. The molecule has 0 saturated heterocycles. The van der Waals surface area contributed by atoms with Crippen LogP contribution >= 0.6 is 0 Å². The molecule has 0 unspecified atom stereocenters. The van der Waals surface area contributed by atoms with E-state index in [0.717, 1.165) is 16.7 Å². The maximum absolute atomic E-state index is 12.3. The van der Waals surface area contributed by atoms with Crippen LogP contribution < -0.4 is 0 Å². The molecule has 69 heavy (non-hydrogen) atoms. The Morgan fingerprint density at radius 1 is 0.478 bits per heavy atom. The number of fused-ring (bicyclic) bond motifs is 1. The van der Waals surface area contributed by atoms with Crippen LogP contribution in [-0.4, -0.2) is 19.6 Å². The zero-order chi connectivity index (χ0) is 67.7. The number of aryl methyl sites for hydroxylation is 1. The van der Waals surface area contributed by atoms with Crippen molar-refractivity contribution in [1.29, 1.82) is 0 Å². The predicted molar refractivity (Wildman–Crippen MR) is 293 cm³/mol. The second-order valence-corrected chi connectivity index (χ2v) is 19.8. The lowest BCUT2D eigenvalue weighted by Crippen LogP contribution is -2.12. The number of para-hydroxylation sites is 1. The van der Waals surface area contributed by atoms with E-state index >= 15 is 0 Å². The van der Waals surface area contributed by atoms with E-state index in [4.69, 9.17) is 37.4 Å².